The number of benzene rings is 2. The number of urea groups is 1. The lowest BCUT2D eigenvalue weighted by Crippen LogP contribution is -2.36. The van der Waals surface area contributed by atoms with Crippen LogP contribution in [0.4, 0.5) is 21.3 Å². The van der Waals surface area contributed by atoms with Gasteiger partial charge in [0, 0.05) is 19.3 Å². The Hall–Kier alpha value is -4.22. The lowest BCUT2D eigenvalue weighted by Gasteiger charge is -2.23. The molecule has 38 heavy (non-hydrogen) atoms. The van der Waals surface area contributed by atoms with E-state index in [4.69, 9.17) is 10.5 Å². The van der Waals surface area contributed by atoms with Gasteiger partial charge in [-0.15, -0.1) is 0 Å². The van der Waals surface area contributed by atoms with Gasteiger partial charge in [0.1, 0.15) is 11.4 Å². The summed E-state index contributed by atoms with van der Waals surface area (Å²) in [5.41, 5.74) is 8.76. The monoisotopic (exact) mass is 533 g/mol. The number of fused-ring (bicyclic) bond motifs is 1. The Balaban J connectivity index is 1.44. The Labute approximate surface area is 225 Å². The number of carbonyl (C=O) groups is 2. The van der Waals surface area contributed by atoms with E-state index < -0.39 is 0 Å². The molecule has 10 nitrogen and oxygen atoms in total. The van der Waals surface area contributed by atoms with E-state index in [2.05, 4.69) is 25.5 Å². The predicted octanol–water partition coefficient (Wildman–Crippen LogP) is 4.52. The lowest BCUT2D eigenvalue weighted by atomic mass is 10.2. The zero-order valence-electron chi connectivity index (χ0n) is 21.6. The minimum absolute atomic E-state index is 0.254. The third-order valence-corrected chi connectivity index (χ3v) is 6.70. The zero-order chi connectivity index (χ0) is 27.1. The molecule has 0 atom stereocenters. The number of nitrogens with zero attached hydrogens (tertiary/aromatic N) is 4. The number of hydrogen-bond donors (Lipinski definition) is 3. The van der Waals surface area contributed by atoms with Gasteiger partial charge in [-0.05, 0) is 69.0 Å². The first kappa shape index (κ1) is 26.8. The van der Waals surface area contributed by atoms with Gasteiger partial charge in [-0.1, -0.05) is 29.5 Å². The van der Waals surface area contributed by atoms with Gasteiger partial charge in [0.2, 0.25) is 0 Å². The van der Waals surface area contributed by atoms with Gasteiger partial charge in [-0.3, -0.25) is 15.1 Å². The second kappa shape index (κ2) is 12.3. The van der Waals surface area contributed by atoms with Crippen molar-refractivity contribution in [3.8, 4) is 5.75 Å². The molecule has 2 heterocycles. The largest absolute Gasteiger partial charge is 0.497 e. The number of amides is 3. The van der Waals surface area contributed by atoms with Crippen molar-refractivity contribution in [3.63, 3.8) is 0 Å². The quantitative estimate of drug-likeness (QED) is 0.256. The van der Waals surface area contributed by atoms with Gasteiger partial charge >= 0.3 is 6.03 Å². The topological polar surface area (TPSA) is 126 Å². The maximum absolute atomic E-state index is 13.2. The Kier molecular flexibility index (Phi) is 8.72. The highest BCUT2D eigenvalue weighted by Gasteiger charge is 2.17. The molecule has 4 N–H and O–H groups in total. The average Bonchev–Trinajstić information content (AvgIpc) is 3.30. The van der Waals surface area contributed by atoms with E-state index in [1.807, 2.05) is 32.3 Å². The van der Waals surface area contributed by atoms with Gasteiger partial charge in [-0.2, -0.15) is 0 Å². The fraction of sp³-hybridized carbons (Fsp3) is 0.259. The third kappa shape index (κ3) is 6.96. The summed E-state index contributed by atoms with van der Waals surface area (Å²) in [5.74, 6) is 0.378. The minimum Gasteiger partial charge on any atom is -0.497 e. The number of thiazole rings is 1. The van der Waals surface area contributed by atoms with Crippen LogP contribution in [0.3, 0.4) is 0 Å². The molecule has 0 fully saturated rings. The van der Waals surface area contributed by atoms with Crippen molar-refractivity contribution in [3.05, 3.63) is 72.1 Å². The van der Waals surface area contributed by atoms with Crippen molar-refractivity contribution in [1.82, 2.24) is 19.8 Å². The zero-order valence-corrected chi connectivity index (χ0v) is 22.4. The van der Waals surface area contributed by atoms with Crippen molar-refractivity contribution in [2.75, 3.05) is 50.7 Å². The van der Waals surface area contributed by atoms with Crippen LogP contribution in [0.15, 0.2) is 60.8 Å². The van der Waals surface area contributed by atoms with Crippen molar-refractivity contribution >= 4 is 50.0 Å². The smallest absolute Gasteiger partial charge is 0.323 e. The summed E-state index contributed by atoms with van der Waals surface area (Å²) < 4.78 is 6.21. The molecule has 0 aliphatic heterocycles. The van der Waals surface area contributed by atoms with Gasteiger partial charge in [0.05, 0.1) is 28.7 Å². The first-order chi connectivity index (χ1) is 18.3. The lowest BCUT2D eigenvalue weighted by molar-refractivity contribution is 0.102. The number of aromatic nitrogens is 2. The van der Waals surface area contributed by atoms with Crippen LogP contribution in [0, 0.1) is 0 Å². The fourth-order valence-electron chi connectivity index (χ4n) is 3.76. The van der Waals surface area contributed by atoms with Gasteiger partial charge in [0.25, 0.3) is 5.91 Å². The molecule has 198 valence electrons. The van der Waals surface area contributed by atoms with Gasteiger partial charge < -0.3 is 25.6 Å². The fourth-order valence-corrected chi connectivity index (χ4v) is 4.64. The summed E-state index contributed by atoms with van der Waals surface area (Å²) in [6.45, 7) is 1.71. The van der Waals surface area contributed by atoms with E-state index >= 15 is 0 Å². The first-order valence-corrected chi connectivity index (χ1v) is 12.9. The molecule has 0 spiro atoms. The predicted molar refractivity (Wildman–Crippen MR) is 152 cm³/mol. The molecular formula is C27H31N7O3S. The maximum atomic E-state index is 13.2. The Morgan fingerprint density at radius 1 is 1.05 bits per heavy atom. The summed E-state index contributed by atoms with van der Waals surface area (Å²) in [4.78, 5) is 38.5. The summed E-state index contributed by atoms with van der Waals surface area (Å²) in [6, 6.07) is 15.8. The normalized spacial score (nSPS) is 10.9. The molecule has 0 aliphatic rings. The Bertz CT molecular complexity index is 1410. The molecule has 0 saturated heterocycles. The second-order valence-corrected chi connectivity index (χ2v) is 9.98. The van der Waals surface area contributed by atoms with Gasteiger partial charge in [-0.25, -0.2) is 9.78 Å². The number of para-hydroxylation sites is 2. The van der Waals surface area contributed by atoms with Crippen LogP contribution >= 0.6 is 11.3 Å². The second-order valence-electron chi connectivity index (χ2n) is 8.95. The molecule has 0 radical (unpaired) electrons. The number of methoxy groups -OCH3 is 1. The summed E-state index contributed by atoms with van der Waals surface area (Å²) in [5, 5.41) is 6.22. The van der Waals surface area contributed by atoms with Crippen molar-refractivity contribution in [2.45, 2.75) is 13.0 Å². The van der Waals surface area contributed by atoms with Crippen LogP contribution in [-0.4, -0.2) is 66.0 Å². The van der Waals surface area contributed by atoms with Crippen molar-refractivity contribution in [1.29, 1.82) is 0 Å². The maximum Gasteiger partial charge on any atom is 0.323 e. The van der Waals surface area contributed by atoms with Crippen LogP contribution in [0.2, 0.25) is 0 Å². The van der Waals surface area contributed by atoms with Crippen molar-refractivity contribution < 1.29 is 14.3 Å². The van der Waals surface area contributed by atoms with Crippen LogP contribution in [0.5, 0.6) is 5.75 Å². The number of anilines is 3. The van der Waals surface area contributed by atoms with E-state index in [-0.39, 0.29) is 17.6 Å². The first-order valence-electron chi connectivity index (χ1n) is 12.1. The summed E-state index contributed by atoms with van der Waals surface area (Å²) in [6.07, 6.45) is 2.41. The molecule has 2 aromatic heterocycles. The van der Waals surface area contributed by atoms with E-state index in [1.165, 1.54) is 11.3 Å². The molecule has 4 aromatic rings. The van der Waals surface area contributed by atoms with E-state index in [0.29, 0.717) is 29.6 Å². The molecule has 0 bridgehead atoms. The number of nitrogen functional groups attached to an aromatic ring is 1. The number of nitrogens with one attached hydrogen (secondary N) is 2. The van der Waals surface area contributed by atoms with E-state index in [9.17, 15) is 9.59 Å². The minimum atomic E-state index is -0.359. The number of pyridine rings is 1. The molecule has 0 aliphatic carbocycles. The number of rotatable bonds is 10. The highest BCUT2D eigenvalue weighted by atomic mass is 32.1. The molecule has 2 aromatic carbocycles. The average molecular weight is 534 g/mol. The molecule has 3 amide bonds. The SMILES string of the molecule is COc1ccc2nc(NC(=O)N(CCCN(C)C)Cc3ccc(C(=O)Nc4ccccc4N)nc3)sc2c1. The van der Waals surface area contributed by atoms with Crippen LogP contribution in [-0.2, 0) is 6.54 Å². The molecule has 0 saturated carbocycles. The number of hydrogen-bond acceptors (Lipinski definition) is 8. The van der Waals surface area contributed by atoms with E-state index in [1.54, 1.807) is 54.6 Å². The van der Waals surface area contributed by atoms with Crippen LogP contribution in [0.1, 0.15) is 22.5 Å². The highest BCUT2D eigenvalue weighted by Crippen LogP contribution is 2.29. The summed E-state index contributed by atoms with van der Waals surface area (Å²) in [7, 11) is 5.61. The molecule has 11 heteroatoms. The third-order valence-electron chi connectivity index (χ3n) is 5.77. The van der Waals surface area contributed by atoms with Crippen molar-refractivity contribution in [2.24, 2.45) is 0 Å². The summed E-state index contributed by atoms with van der Waals surface area (Å²) >= 11 is 1.39. The highest BCUT2D eigenvalue weighted by molar-refractivity contribution is 7.22. The Morgan fingerprint density at radius 2 is 1.87 bits per heavy atom. The molecular weight excluding hydrogens is 502 g/mol. The van der Waals surface area contributed by atoms with Gasteiger partial charge in [0.15, 0.2) is 5.13 Å². The number of carbonyl (C=O) groups excluding carboxylic acids is 2. The van der Waals surface area contributed by atoms with E-state index in [0.717, 1.165) is 34.5 Å². The molecule has 4 rings (SSSR count). The standard InChI is InChI=1S/C27H31N7O3S/c1-33(2)13-6-14-34(27(36)32-26-31-22-12-10-19(37-3)15-24(22)38-26)17-18-9-11-23(29-16-18)25(35)30-21-8-5-4-7-20(21)28/h4-5,7-12,15-16H,6,13-14,17,28H2,1-3H3,(H,30,35)(H,31,32,36). The Morgan fingerprint density at radius 3 is 2.58 bits per heavy atom. The van der Waals surface area contributed by atoms with Crippen LogP contribution < -0.4 is 21.1 Å². The van der Waals surface area contributed by atoms with Crippen LogP contribution in [0.25, 0.3) is 10.2 Å². The number of ether oxygens (including phenoxy) is 1. The number of nitrogens with two attached hydrogens (primary N) is 1. The molecule has 0 unspecified atom stereocenters.